The molecule has 0 amide bonds. The zero-order valence-electron chi connectivity index (χ0n) is 28.1. The molecular formula is C50H28N2. The van der Waals surface area contributed by atoms with E-state index in [1.165, 1.54) is 65.3 Å². The SMILES string of the molecule is N#Cc1ccc2cc(-c3c4ccccc4c(-c4ccc5cc(C#N)ccc5c4)c4cc5c(cc34)c(-c3ccccc3)cc3ccccc35)ccc2c1. The van der Waals surface area contributed by atoms with Crippen LogP contribution in [0.3, 0.4) is 0 Å². The van der Waals surface area contributed by atoms with Crippen LogP contribution in [0.25, 0.3) is 98.0 Å². The quantitative estimate of drug-likeness (QED) is 0.140. The molecule has 0 saturated heterocycles. The van der Waals surface area contributed by atoms with Crippen molar-refractivity contribution in [2.45, 2.75) is 0 Å². The molecule has 10 aromatic rings. The van der Waals surface area contributed by atoms with Crippen LogP contribution in [0.4, 0.5) is 0 Å². The lowest BCUT2D eigenvalue weighted by atomic mass is 9.82. The van der Waals surface area contributed by atoms with E-state index in [1.54, 1.807) is 0 Å². The lowest BCUT2D eigenvalue weighted by molar-refractivity contribution is 1.50. The molecule has 0 aromatic heterocycles. The van der Waals surface area contributed by atoms with Gasteiger partial charge < -0.3 is 0 Å². The van der Waals surface area contributed by atoms with Crippen molar-refractivity contribution in [3.63, 3.8) is 0 Å². The molecule has 0 bridgehead atoms. The van der Waals surface area contributed by atoms with Gasteiger partial charge in [0.15, 0.2) is 0 Å². The monoisotopic (exact) mass is 656 g/mol. The topological polar surface area (TPSA) is 47.6 Å². The first kappa shape index (κ1) is 29.6. The number of hydrogen-bond acceptors (Lipinski definition) is 2. The average molecular weight is 657 g/mol. The van der Waals surface area contributed by atoms with Crippen LogP contribution in [-0.2, 0) is 0 Å². The van der Waals surface area contributed by atoms with E-state index in [2.05, 4.69) is 158 Å². The van der Waals surface area contributed by atoms with E-state index < -0.39 is 0 Å². The summed E-state index contributed by atoms with van der Waals surface area (Å²) >= 11 is 0. The Morgan fingerprint density at radius 2 is 0.769 bits per heavy atom. The maximum Gasteiger partial charge on any atom is 0.0991 e. The van der Waals surface area contributed by atoms with Gasteiger partial charge in [-0.2, -0.15) is 10.5 Å². The maximum atomic E-state index is 9.56. The third-order valence-corrected chi connectivity index (χ3v) is 10.6. The third-order valence-electron chi connectivity index (χ3n) is 10.6. The summed E-state index contributed by atoms with van der Waals surface area (Å²) in [6, 6.07) is 65.0. The van der Waals surface area contributed by atoms with Crippen LogP contribution in [0, 0.1) is 22.7 Å². The molecule has 2 heteroatoms. The lowest BCUT2D eigenvalue weighted by Gasteiger charge is -2.20. The van der Waals surface area contributed by atoms with Gasteiger partial charge in [0.05, 0.1) is 23.3 Å². The molecule has 0 N–H and O–H groups in total. The molecule has 10 aromatic carbocycles. The highest BCUT2D eigenvalue weighted by molar-refractivity contribution is 6.27. The van der Waals surface area contributed by atoms with Crippen molar-refractivity contribution in [1.82, 2.24) is 0 Å². The van der Waals surface area contributed by atoms with Gasteiger partial charge in [0.1, 0.15) is 0 Å². The second kappa shape index (κ2) is 11.7. The Balaban J connectivity index is 1.39. The summed E-state index contributed by atoms with van der Waals surface area (Å²) in [5, 5.41) is 33.0. The van der Waals surface area contributed by atoms with E-state index in [9.17, 15) is 10.5 Å². The van der Waals surface area contributed by atoms with Crippen LogP contribution in [0.5, 0.6) is 0 Å². The van der Waals surface area contributed by atoms with Gasteiger partial charge in [0, 0.05) is 0 Å². The van der Waals surface area contributed by atoms with Gasteiger partial charge in [0.2, 0.25) is 0 Å². The Bertz CT molecular complexity index is 3200. The molecule has 0 heterocycles. The van der Waals surface area contributed by atoms with Gasteiger partial charge in [-0.05, 0) is 153 Å². The first-order chi connectivity index (χ1) is 25.7. The number of benzene rings is 10. The molecule has 10 rings (SSSR count). The Morgan fingerprint density at radius 1 is 0.288 bits per heavy atom. The molecule has 0 unspecified atom stereocenters. The summed E-state index contributed by atoms with van der Waals surface area (Å²) in [4.78, 5) is 0. The summed E-state index contributed by atoms with van der Waals surface area (Å²) in [5.74, 6) is 0. The van der Waals surface area contributed by atoms with Crippen molar-refractivity contribution in [3.05, 3.63) is 181 Å². The minimum absolute atomic E-state index is 0.659. The molecule has 0 fully saturated rings. The van der Waals surface area contributed by atoms with Crippen LogP contribution in [-0.4, -0.2) is 0 Å². The van der Waals surface area contributed by atoms with E-state index in [0.29, 0.717) is 11.1 Å². The van der Waals surface area contributed by atoms with Crippen LogP contribution >= 0.6 is 0 Å². The molecule has 0 aliphatic carbocycles. The van der Waals surface area contributed by atoms with Gasteiger partial charge in [-0.3, -0.25) is 0 Å². The van der Waals surface area contributed by atoms with E-state index in [0.717, 1.165) is 32.7 Å². The van der Waals surface area contributed by atoms with Crippen molar-refractivity contribution in [3.8, 4) is 45.5 Å². The molecule has 0 aliphatic rings. The standard InChI is InChI=1S/C50H28N2/c51-29-31-14-16-36-24-39(20-18-34(36)22-31)49-42-12-6-7-13-43(42)50(40-21-19-35-23-32(30-52)15-17-37(35)25-40)48-28-46-44(33-8-2-1-3-9-33)26-38-10-4-5-11-41(38)45(46)27-47(48)49/h1-28H. The van der Waals surface area contributed by atoms with Gasteiger partial charge in [-0.15, -0.1) is 0 Å². The minimum Gasteiger partial charge on any atom is -0.192 e. The number of nitrogens with zero attached hydrogens (tertiary/aromatic N) is 2. The largest absolute Gasteiger partial charge is 0.192 e. The fourth-order valence-corrected chi connectivity index (χ4v) is 8.19. The number of rotatable bonds is 3. The predicted octanol–water partition coefficient (Wildman–Crippen LogP) is 13.4. The van der Waals surface area contributed by atoms with Crippen LogP contribution in [0.15, 0.2) is 170 Å². The normalized spacial score (nSPS) is 11.4. The van der Waals surface area contributed by atoms with Gasteiger partial charge in [0.25, 0.3) is 0 Å². The van der Waals surface area contributed by atoms with Crippen LogP contribution in [0.1, 0.15) is 11.1 Å². The fraction of sp³-hybridized carbons (Fsp3) is 0. The van der Waals surface area contributed by atoms with Gasteiger partial charge >= 0.3 is 0 Å². The van der Waals surface area contributed by atoms with E-state index in [4.69, 9.17) is 0 Å². The van der Waals surface area contributed by atoms with Crippen LogP contribution in [0.2, 0.25) is 0 Å². The van der Waals surface area contributed by atoms with Crippen molar-refractivity contribution in [1.29, 1.82) is 10.5 Å². The molecule has 0 radical (unpaired) electrons. The molecule has 52 heavy (non-hydrogen) atoms. The van der Waals surface area contributed by atoms with Gasteiger partial charge in [-0.1, -0.05) is 115 Å². The van der Waals surface area contributed by atoms with E-state index in [-0.39, 0.29) is 0 Å². The molecule has 238 valence electrons. The van der Waals surface area contributed by atoms with Gasteiger partial charge in [-0.25, -0.2) is 0 Å². The molecule has 2 nitrogen and oxygen atoms in total. The van der Waals surface area contributed by atoms with Crippen LogP contribution < -0.4 is 0 Å². The molecule has 0 spiro atoms. The second-order valence-corrected chi connectivity index (χ2v) is 13.5. The first-order valence-corrected chi connectivity index (χ1v) is 17.4. The molecular weight excluding hydrogens is 629 g/mol. The van der Waals surface area contributed by atoms with Crippen molar-refractivity contribution in [2.24, 2.45) is 0 Å². The average Bonchev–Trinajstić information content (AvgIpc) is 3.21. The zero-order valence-corrected chi connectivity index (χ0v) is 28.1. The first-order valence-electron chi connectivity index (χ1n) is 17.4. The van der Waals surface area contributed by atoms with E-state index in [1.807, 2.05) is 24.3 Å². The van der Waals surface area contributed by atoms with Crippen molar-refractivity contribution < 1.29 is 0 Å². The zero-order chi connectivity index (χ0) is 34.8. The van der Waals surface area contributed by atoms with Crippen molar-refractivity contribution in [2.75, 3.05) is 0 Å². The summed E-state index contributed by atoms with van der Waals surface area (Å²) in [7, 11) is 0. The molecule has 0 atom stereocenters. The number of fused-ring (bicyclic) bond motifs is 7. The van der Waals surface area contributed by atoms with Crippen molar-refractivity contribution >= 4 is 64.6 Å². The highest BCUT2D eigenvalue weighted by atomic mass is 14.3. The second-order valence-electron chi connectivity index (χ2n) is 13.5. The minimum atomic E-state index is 0.659. The molecule has 0 aliphatic heterocycles. The smallest absolute Gasteiger partial charge is 0.0991 e. The Labute approximate surface area is 300 Å². The fourth-order valence-electron chi connectivity index (χ4n) is 8.19. The Kier molecular flexibility index (Phi) is 6.65. The third kappa shape index (κ3) is 4.64. The highest BCUT2D eigenvalue weighted by Crippen LogP contribution is 2.48. The predicted molar refractivity (Wildman–Crippen MR) is 217 cm³/mol. The summed E-state index contributed by atoms with van der Waals surface area (Å²) in [5.41, 5.74) is 8.36. The lowest BCUT2D eigenvalue weighted by Crippen LogP contribution is -1.93. The maximum absolute atomic E-state index is 9.56. The summed E-state index contributed by atoms with van der Waals surface area (Å²) in [6.45, 7) is 0. The highest BCUT2D eigenvalue weighted by Gasteiger charge is 2.20. The number of hydrogen-bond donors (Lipinski definition) is 0. The Morgan fingerprint density at radius 3 is 1.35 bits per heavy atom. The Hall–Kier alpha value is -7.26. The summed E-state index contributed by atoms with van der Waals surface area (Å²) < 4.78 is 0. The van der Waals surface area contributed by atoms with E-state index >= 15 is 0 Å². The summed E-state index contributed by atoms with van der Waals surface area (Å²) in [6.07, 6.45) is 0. The number of nitriles is 2. The molecule has 0 saturated carbocycles.